The molecule has 3 heteroatoms. The lowest BCUT2D eigenvalue weighted by Gasteiger charge is -2.21. The molecular weight excluding hydrogens is 228 g/mol. The van der Waals surface area contributed by atoms with Gasteiger partial charge in [-0.3, -0.25) is 0 Å². The van der Waals surface area contributed by atoms with Crippen LogP contribution in [0, 0.1) is 0 Å². The number of carboxylic acids is 1. The summed E-state index contributed by atoms with van der Waals surface area (Å²) < 4.78 is 5.28. The third-order valence-electron chi connectivity index (χ3n) is 2.83. The average molecular weight is 248 g/mol. The summed E-state index contributed by atoms with van der Waals surface area (Å²) in [4.78, 5) is 10.7. The molecule has 0 aliphatic rings. The Kier molecular flexibility index (Phi) is 4.17. The number of rotatable bonds is 3. The van der Waals surface area contributed by atoms with Crippen LogP contribution < -0.4 is 4.74 Å². The van der Waals surface area contributed by atoms with Gasteiger partial charge < -0.3 is 9.84 Å². The number of ether oxygens (including phenoxy) is 1. The number of aliphatic carboxylic acids is 1. The van der Waals surface area contributed by atoms with Crippen LogP contribution in [0.4, 0.5) is 0 Å². The van der Waals surface area contributed by atoms with Crippen LogP contribution in [0.25, 0.3) is 5.57 Å². The molecule has 0 heterocycles. The fraction of sp³-hybridized carbons (Fsp3) is 0.400. The zero-order valence-electron chi connectivity index (χ0n) is 11.6. The van der Waals surface area contributed by atoms with Gasteiger partial charge in [-0.1, -0.05) is 26.8 Å². The molecule has 0 amide bonds. The lowest BCUT2D eigenvalue weighted by molar-refractivity contribution is -0.131. The number of allylic oxidation sites excluding steroid dienone is 1. The molecular formula is C15H20O3. The number of benzene rings is 1. The first-order chi connectivity index (χ1) is 8.25. The van der Waals surface area contributed by atoms with E-state index in [9.17, 15) is 4.79 Å². The van der Waals surface area contributed by atoms with Crippen LogP contribution in [0.5, 0.6) is 5.75 Å². The molecule has 0 aromatic heterocycles. The smallest absolute Gasteiger partial charge is 0.328 e. The zero-order chi connectivity index (χ0) is 13.9. The lowest BCUT2D eigenvalue weighted by atomic mass is 9.85. The fourth-order valence-electron chi connectivity index (χ4n) is 1.75. The average Bonchev–Trinajstić information content (AvgIpc) is 2.26. The predicted molar refractivity (Wildman–Crippen MR) is 73.0 cm³/mol. The number of hydrogen-bond donors (Lipinski definition) is 1. The zero-order valence-corrected chi connectivity index (χ0v) is 11.6. The lowest BCUT2D eigenvalue weighted by Crippen LogP contribution is -2.11. The second-order valence-electron chi connectivity index (χ2n) is 5.33. The Morgan fingerprint density at radius 1 is 1.33 bits per heavy atom. The molecule has 1 aromatic rings. The number of methoxy groups -OCH3 is 1. The molecule has 1 aromatic carbocycles. The Morgan fingerprint density at radius 2 is 1.94 bits per heavy atom. The van der Waals surface area contributed by atoms with Crippen molar-refractivity contribution >= 4 is 11.5 Å². The van der Waals surface area contributed by atoms with E-state index in [4.69, 9.17) is 9.84 Å². The van der Waals surface area contributed by atoms with Crippen LogP contribution in [-0.4, -0.2) is 18.2 Å². The van der Waals surface area contributed by atoms with Crippen molar-refractivity contribution in [2.24, 2.45) is 0 Å². The van der Waals surface area contributed by atoms with E-state index in [1.165, 1.54) is 6.08 Å². The maximum Gasteiger partial charge on any atom is 0.328 e. The monoisotopic (exact) mass is 248 g/mol. The van der Waals surface area contributed by atoms with Crippen molar-refractivity contribution in [2.45, 2.75) is 33.1 Å². The first-order valence-electron chi connectivity index (χ1n) is 5.86. The topological polar surface area (TPSA) is 46.5 Å². The second kappa shape index (κ2) is 5.25. The van der Waals surface area contributed by atoms with Crippen molar-refractivity contribution < 1.29 is 14.6 Å². The van der Waals surface area contributed by atoms with Crippen molar-refractivity contribution in [3.63, 3.8) is 0 Å². The SMILES string of the molecule is COc1ccc(C(C)(C)C)cc1/C(C)=C/C(=O)O. The molecule has 0 bridgehead atoms. The van der Waals surface area contributed by atoms with Gasteiger partial charge in [-0.15, -0.1) is 0 Å². The highest BCUT2D eigenvalue weighted by molar-refractivity contribution is 5.90. The third kappa shape index (κ3) is 3.36. The van der Waals surface area contributed by atoms with Crippen molar-refractivity contribution in [3.05, 3.63) is 35.4 Å². The molecule has 98 valence electrons. The third-order valence-corrected chi connectivity index (χ3v) is 2.83. The molecule has 0 unspecified atom stereocenters. The summed E-state index contributed by atoms with van der Waals surface area (Å²) in [5.74, 6) is -0.256. The molecule has 1 N–H and O–H groups in total. The van der Waals surface area contributed by atoms with Crippen molar-refractivity contribution in [2.75, 3.05) is 7.11 Å². The van der Waals surface area contributed by atoms with E-state index in [2.05, 4.69) is 20.8 Å². The van der Waals surface area contributed by atoms with E-state index in [0.717, 1.165) is 11.1 Å². The van der Waals surface area contributed by atoms with Gasteiger partial charge in [-0.05, 0) is 35.6 Å². The van der Waals surface area contributed by atoms with Gasteiger partial charge in [0.05, 0.1) is 7.11 Å². The summed E-state index contributed by atoms with van der Waals surface area (Å²) in [6.07, 6.45) is 1.20. The number of carbonyl (C=O) groups is 1. The first-order valence-corrected chi connectivity index (χ1v) is 5.86. The van der Waals surface area contributed by atoms with Crippen LogP contribution in [0.3, 0.4) is 0 Å². The maximum atomic E-state index is 10.7. The van der Waals surface area contributed by atoms with E-state index in [-0.39, 0.29) is 5.41 Å². The maximum absolute atomic E-state index is 10.7. The molecule has 0 radical (unpaired) electrons. The summed E-state index contributed by atoms with van der Waals surface area (Å²) in [6.45, 7) is 8.14. The standard InChI is InChI=1S/C15H20O3/c1-10(8-14(16)17)12-9-11(15(2,3)4)6-7-13(12)18-5/h6-9H,1-5H3,(H,16,17)/b10-8+. The van der Waals surface area contributed by atoms with E-state index in [0.29, 0.717) is 11.3 Å². The highest BCUT2D eigenvalue weighted by atomic mass is 16.5. The predicted octanol–water partition coefficient (Wildman–Crippen LogP) is 3.48. The van der Waals surface area contributed by atoms with Crippen molar-refractivity contribution in [1.82, 2.24) is 0 Å². The van der Waals surface area contributed by atoms with E-state index in [1.54, 1.807) is 14.0 Å². The van der Waals surface area contributed by atoms with E-state index < -0.39 is 5.97 Å². The minimum absolute atomic E-state index is 0.0184. The summed E-state index contributed by atoms with van der Waals surface area (Å²) >= 11 is 0. The quantitative estimate of drug-likeness (QED) is 0.833. The minimum Gasteiger partial charge on any atom is -0.496 e. The van der Waals surface area contributed by atoms with Gasteiger partial charge in [-0.25, -0.2) is 4.79 Å². The van der Waals surface area contributed by atoms with Crippen LogP contribution in [0.15, 0.2) is 24.3 Å². The van der Waals surface area contributed by atoms with Crippen LogP contribution in [0.1, 0.15) is 38.8 Å². The van der Waals surface area contributed by atoms with Crippen LogP contribution in [-0.2, 0) is 10.2 Å². The van der Waals surface area contributed by atoms with E-state index in [1.807, 2.05) is 18.2 Å². The number of hydrogen-bond acceptors (Lipinski definition) is 2. The summed E-state index contributed by atoms with van der Waals surface area (Å²) in [5.41, 5.74) is 2.68. The second-order valence-corrected chi connectivity index (χ2v) is 5.33. The molecule has 0 atom stereocenters. The molecule has 1 rings (SSSR count). The van der Waals surface area contributed by atoms with Gasteiger partial charge >= 0.3 is 5.97 Å². The van der Waals surface area contributed by atoms with Crippen LogP contribution >= 0.6 is 0 Å². The molecule has 0 fully saturated rings. The molecule has 0 saturated carbocycles. The molecule has 3 nitrogen and oxygen atoms in total. The molecule has 0 saturated heterocycles. The van der Waals surface area contributed by atoms with Gasteiger partial charge in [0.2, 0.25) is 0 Å². The normalized spacial score (nSPS) is 12.4. The Bertz CT molecular complexity index is 479. The highest BCUT2D eigenvalue weighted by Crippen LogP contribution is 2.31. The van der Waals surface area contributed by atoms with Gasteiger partial charge in [0.25, 0.3) is 0 Å². The minimum atomic E-state index is -0.948. The Labute approximate surface area is 108 Å². The molecule has 0 spiro atoms. The van der Waals surface area contributed by atoms with E-state index >= 15 is 0 Å². The first kappa shape index (κ1) is 14.3. The molecule has 0 aliphatic heterocycles. The summed E-state index contributed by atoms with van der Waals surface area (Å²) in [7, 11) is 1.59. The summed E-state index contributed by atoms with van der Waals surface area (Å²) in [5, 5.41) is 8.82. The van der Waals surface area contributed by atoms with Gasteiger partial charge in [0.1, 0.15) is 5.75 Å². The van der Waals surface area contributed by atoms with Crippen LogP contribution in [0.2, 0.25) is 0 Å². The largest absolute Gasteiger partial charge is 0.496 e. The van der Waals surface area contributed by atoms with Gasteiger partial charge in [0, 0.05) is 11.6 Å². The number of carboxylic acid groups (broad SMARTS) is 1. The highest BCUT2D eigenvalue weighted by Gasteiger charge is 2.16. The fourth-order valence-corrected chi connectivity index (χ4v) is 1.75. The van der Waals surface area contributed by atoms with Gasteiger partial charge in [-0.2, -0.15) is 0 Å². The Morgan fingerprint density at radius 3 is 2.39 bits per heavy atom. The molecule has 0 aliphatic carbocycles. The summed E-state index contributed by atoms with van der Waals surface area (Å²) in [6, 6.07) is 5.89. The Balaban J connectivity index is 3.35. The molecule has 18 heavy (non-hydrogen) atoms. The van der Waals surface area contributed by atoms with Gasteiger partial charge in [0.15, 0.2) is 0 Å². The Hall–Kier alpha value is -1.77. The van der Waals surface area contributed by atoms with Crippen molar-refractivity contribution in [3.8, 4) is 5.75 Å². The van der Waals surface area contributed by atoms with Crippen molar-refractivity contribution in [1.29, 1.82) is 0 Å².